The quantitative estimate of drug-likeness (QED) is 0.531. The minimum atomic E-state index is 0. The van der Waals surface area contributed by atoms with E-state index >= 15 is 0 Å². The molecule has 1 spiro atoms. The van der Waals surface area contributed by atoms with E-state index in [1.54, 1.807) is 0 Å². The topological polar surface area (TPSA) is 12.0 Å². The molecule has 1 nitrogen and oxygen atoms in total. The molecular formula is C8H14ClN. The minimum Gasteiger partial charge on any atom is -0.317 e. The molecule has 0 radical (unpaired) electrons. The summed E-state index contributed by atoms with van der Waals surface area (Å²) in [6.07, 6.45) is 8.76. The Balaban J connectivity index is 0.000000500. The molecule has 0 aromatic heterocycles. The summed E-state index contributed by atoms with van der Waals surface area (Å²) in [5, 5.41) is 3.37. The first-order valence-corrected chi connectivity index (χ1v) is 3.80. The third-order valence-corrected chi connectivity index (χ3v) is 2.60. The van der Waals surface area contributed by atoms with Crippen LogP contribution in [-0.4, -0.2) is 13.1 Å². The molecule has 0 atom stereocenters. The van der Waals surface area contributed by atoms with Crippen LogP contribution in [0.2, 0.25) is 0 Å². The lowest BCUT2D eigenvalue weighted by atomic mass is 9.70. The highest BCUT2D eigenvalue weighted by Gasteiger charge is 2.32. The summed E-state index contributed by atoms with van der Waals surface area (Å²) in [7, 11) is 0. The van der Waals surface area contributed by atoms with E-state index in [1.807, 2.05) is 0 Å². The van der Waals surface area contributed by atoms with E-state index in [0.717, 1.165) is 0 Å². The molecular weight excluding hydrogens is 146 g/mol. The van der Waals surface area contributed by atoms with Crippen molar-refractivity contribution in [2.75, 3.05) is 13.1 Å². The van der Waals surface area contributed by atoms with E-state index in [2.05, 4.69) is 17.5 Å². The Bertz CT molecular complexity index is 136. The summed E-state index contributed by atoms with van der Waals surface area (Å²) in [5.41, 5.74) is 0.658. The fourth-order valence-electron chi connectivity index (χ4n) is 1.75. The molecule has 0 saturated carbocycles. The molecule has 2 aliphatic rings. The van der Waals surface area contributed by atoms with E-state index in [4.69, 9.17) is 0 Å². The van der Waals surface area contributed by atoms with Gasteiger partial charge in [-0.15, -0.1) is 12.4 Å². The van der Waals surface area contributed by atoms with Gasteiger partial charge >= 0.3 is 0 Å². The van der Waals surface area contributed by atoms with Crippen molar-refractivity contribution in [3.8, 4) is 0 Å². The molecule has 58 valence electrons. The van der Waals surface area contributed by atoms with Gasteiger partial charge in [-0.25, -0.2) is 0 Å². The van der Waals surface area contributed by atoms with Gasteiger partial charge in [-0.1, -0.05) is 12.2 Å². The molecule has 1 N–H and O–H groups in total. The van der Waals surface area contributed by atoms with Crippen LogP contribution in [0.5, 0.6) is 0 Å². The SMILES string of the molecule is C1=CC2(C1)CCNCC2.Cl. The van der Waals surface area contributed by atoms with Crippen LogP contribution >= 0.6 is 12.4 Å². The first-order chi connectivity index (χ1) is 4.41. The van der Waals surface area contributed by atoms with Gasteiger partial charge in [0.2, 0.25) is 0 Å². The van der Waals surface area contributed by atoms with E-state index in [-0.39, 0.29) is 12.4 Å². The number of piperidine rings is 1. The van der Waals surface area contributed by atoms with Gasteiger partial charge in [-0.05, 0) is 37.8 Å². The van der Waals surface area contributed by atoms with Crippen molar-refractivity contribution in [2.24, 2.45) is 5.41 Å². The van der Waals surface area contributed by atoms with Crippen molar-refractivity contribution in [1.29, 1.82) is 0 Å². The average Bonchev–Trinajstić information content (AvgIpc) is 1.87. The third kappa shape index (κ3) is 1.21. The van der Waals surface area contributed by atoms with Crippen molar-refractivity contribution in [2.45, 2.75) is 19.3 Å². The Morgan fingerprint density at radius 3 is 2.10 bits per heavy atom. The standard InChI is InChI=1S/C8H13N.ClH/c1-2-8(3-1)4-6-9-7-5-8;/h1-2,9H,3-7H2;1H. The molecule has 0 aromatic carbocycles. The summed E-state index contributed by atoms with van der Waals surface area (Å²) in [6, 6.07) is 0. The smallest absolute Gasteiger partial charge is 0.00405 e. The number of hydrogen-bond acceptors (Lipinski definition) is 1. The predicted octanol–water partition coefficient (Wildman–Crippen LogP) is 1.74. The van der Waals surface area contributed by atoms with Gasteiger partial charge in [0.15, 0.2) is 0 Å². The average molecular weight is 160 g/mol. The molecule has 1 fully saturated rings. The predicted molar refractivity (Wildman–Crippen MR) is 45.5 cm³/mol. The van der Waals surface area contributed by atoms with Crippen LogP contribution in [0.4, 0.5) is 0 Å². The zero-order chi connectivity index (χ0) is 6.16. The van der Waals surface area contributed by atoms with Gasteiger partial charge in [0.25, 0.3) is 0 Å². The second kappa shape index (κ2) is 2.93. The number of nitrogens with one attached hydrogen (secondary N) is 1. The van der Waals surface area contributed by atoms with Gasteiger partial charge < -0.3 is 5.32 Å². The van der Waals surface area contributed by atoms with Crippen molar-refractivity contribution in [3.63, 3.8) is 0 Å². The maximum absolute atomic E-state index is 3.37. The Hall–Kier alpha value is -0.0100. The van der Waals surface area contributed by atoms with Crippen molar-refractivity contribution < 1.29 is 0 Å². The largest absolute Gasteiger partial charge is 0.317 e. The minimum absolute atomic E-state index is 0. The van der Waals surface area contributed by atoms with Gasteiger partial charge in [0, 0.05) is 0 Å². The van der Waals surface area contributed by atoms with Crippen LogP contribution < -0.4 is 5.32 Å². The first kappa shape index (κ1) is 8.09. The maximum atomic E-state index is 3.37. The fraction of sp³-hybridized carbons (Fsp3) is 0.750. The molecule has 10 heavy (non-hydrogen) atoms. The molecule has 1 heterocycles. The van der Waals surface area contributed by atoms with E-state index in [1.165, 1.54) is 32.4 Å². The molecule has 2 rings (SSSR count). The maximum Gasteiger partial charge on any atom is -0.00405 e. The van der Waals surface area contributed by atoms with E-state index in [9.17, 15) is 0 Å². The van der Waals surface area contributed by atoms with Gasteiger partial charge in [-0.3, -0.25) is 0 Å². The van der Waals surface area contributed by atoms with Crippen LogP contribution in [0.15, 0.2) is 12.2 Å². The number of hydrogen-bond donors (Lipinski definition) is 1. The number of halogens is 1. The molecule has 1 saturated heterocycles. The Morgan fingerprint density at radius 1 is 1.20 bits per heavy atom. The van der Waals surface area contributed by atoms with Gasteiger partial charge in [0.05, 0.1) is 0 Å². The lowest BCUT2D eigenvalue weighted by Crippen LogP contribution is -2.37. The van der Waals surface area contributed by atoms with Gasteiger partial charge in [0.1, 0.15) is 0 Å². The number of allylic oxidation sites excluding steroid dienone is 2. The van der Waals surface area contributed by atoms with Crippen LogP contribution in [0.1, 0.15) is 19.3 Å². The lowest BCUT2D eigenvalue weighted by molar-refractivity contribution is 0.250. The van der Waals surface area contributed by atoms with Crippen LogP contribution in [0, 0.1) is 5.41 Å². The summed E-state index contributed by atoms with van der Waals surface area (Å²) in [6.45, 7) is 2.45. The molecule has 0 unspecified atom stereocenters. The van der Waals surface area contributed by atoms with Crippen LogP contribution in [-0.2, 0) is 0 Å². The molecule has 1 aliphatic heterocycles. The van der Waals surface area contributed by atoms with Gasteiger partial charge in [-0.2, -0.15) is 0 Å². The summed E-state index contributed by atoms with van der Waals surface area (Å²) >= 11 is 0. The lowest BCUT2D eigenvalue weighted by Gasteiger charge is -2.39. The second-order valence-corrected chi connectivity index (χ2v) is 3.22. The third-order valence-electron chi connectivity index (χ3n) is 2.60. The molecule has 0 amide bonds. The highest BCUT2D eigenvalue weighted by atomic mass is 35.5. The first-order valence-electron chi connectivity index (χ1n) is 3.80. The summed E-state index contributed by atoms with van der Waals surface area (Å²) < 4.78 is 0. The monoisotopic (exact) mass is 159 g/mol. The highest BCUT2D eigenvalue weighted by molar-refractivity contribution is 5.85. The second-order valence-electron chi connectivity index (χ2n) is 3.22. The van der Waals surface area contributed by atoms with Crippen molar-refractivity contribution in [3.05, 3.63) is 12.2 Å². The van der Waals surface area contributed by atoms with Crippen LogP contribution in [0.25, 0.3) is 0 Å². The Kier molecular flexibility index (Phi) is 2.37. The summed E-state index contributed by atoms with van der Waals surface area (Å²) in [4.78, 5) is 0. The molecule has 0 aromatic rings. The van der Waals surface area contributed by atoms with Crippen molar-refractivity contribution >= 4 is 12.4 Å². The Morgan fingerprint density at radius 2 is 1.80 bits per heavy atom. The molecule has 2 heteroatoms. The molecule has 1 aliphatic carbocycles. The van der Waals surface area contributed by atoms with Crippen LogP contribution in [0.3, 0.4) is 0 Å². The highest BCUT2D eigenvalue weighted by Crippen LogP contribution is 2.40. The summed E-state index contributed by atoms with van der Waals surface area (Å²) in [5.74, 6) is 0. The van der Waals surface area contributed by atoms with E-state index < -0.39 is 0 Å². The Labute approximate surface area is 68.3 Å². The zero-order valence-corrected chi connectivity index (χ0v) is 6.91. The van der Waals surface area contributed by atoms with E-state index in [0.29, 0.717) is 5.41 Å². The fourth-order valence-corrected chi connectivity index (χ4v) is 1.75. The number of rotatable bonds is 0. The van der Waals surface area contributed by atoms with Crippen molar-refractivity contribution in [1.82, 2.24) is 5.32 Å². The normalized spacial score (nSPS) is 27.2. The zero-order valence-electron chi connectivity index (χ0n) is 6.10. The molecule has 0 bridgehead atoms.